The first-order valence-electron chi connectivity index (χ1n) is 5.79. The van der Waals surface area contributed by atoms with E-state index in [1.807, 2.05) is 6.92 Å². The SMILES string of the molecule is COc1c(N)ncnc1NCC1(O)CCOC1C. The Bertz CT molecular complexity index is 429. The lowest BCUT2D eigenvalue weighted by Gasteiger charge is -2.26. The summed E-state index contributed by atoms with van der Waals surface area (Å²) in [6.45, 7) is 2.73. The Morgan fingerprint density at radius 2 is 2.44 bits per heavy atom. The van der Waals surface area contributed by atoms with Gasteiger partial charge in [-0.1, -0.05) is 0 Å². The van der Waals surface area contributed by atoms with E-state index < -0.39 is 5.60 Å². The van der Waals surface area contributed by atoms with Crippen LogP contribution >= 0.6 is 0 Å². The first kappa shape index (κ1) is 12.8. The first-order valence-corrected chi connectivity index (χ1v) is 5.79. The first-order chi connectivity index (χ1) is 8.57. The minimum atomic E-state index is -0.898. The largest absolute Gasteiger partial charge is 0.490 e. The molecule has 7 nitrogen and oxygen atoms in total. The highest BCUT2D eigenvalue weighted by Crippen LogP contribution is 2.29. The summed E-state index contributed by atoms with van der Waals surface area (Å²) in [5, 5.41) is 13.4. The minimum absolute atomic E-state index is 0.213. The Kier molecular flexibility index (Phi) is 3.53. The van der Waals surface area contributed by atoms with Gasteiger partial charge < -0.3 is 25.6 Å². The standard InChI is InChI=1S/C11H18N4O3/c1-7-11(16,3-4-18-7)5-13-10-8(17-2)9(12)14-6-15-10/h6-7,16H,3-5H2,1-2H3,(H3,12,13,14,15). The smallest absolute Gasteiger partial charge is 0.203 e. The van der Waals surface area contributed by atoms with Crippen molar-refractivity contribution in [1.82, 2.24) is 9.97 Å². The summed E-state index contributed by atoms with van der Waals surface area (Å²) in [5.41, 5.74) is 4.77. The highest BCUT2D eigenvalue weighted by atomic mass is 16.5. The van der Waals surface area contributed by atoms with Crippen molar-refractivity contribution >= 4 is 11.6 Å². The average molecular weight is 254 g/mol. The molecule has 1 saturated heterocycles. The Morgan fingerprint density at radius 1 is 1.67 bits per heavy atom. The molecule has 1 aliphatic rings. The van der Waals surface area contributed by atoms with Crippen molar-refractivity contribution in [2.45, 2.75) is 25.0 Å². The number of ether oxygens (including phenoxy) is 2. The zero-order valence-electron chi connectivity index (χ0n) is 10.5. The molecular formula is C11H18N4O3. The van der Waals surface area contributed by atoms with Crippen LogP contribution in [0.1, 0.15) is 13.3 Å². The van der Waals surface area contributed by atoms with E-state index in [0.29, 0.717) is 31.1 Å². The van der Waals surface area contributed by atoms with Crippen LogP contribution in [0.25, 0.3) is 0 Å². The molecule has 0 aromatic carbocycles. The van der Waals surface area contributed by atoms with E-state index in [1.165, 1.54) is 13.4 Å². The third kappa shape index (κ3) is 2.32. The van der Waals surface area contributed by atoms with E-state index in [-0.39, 0.29) is 11.9 Å². The second kappa shape index (κ2) is 4.95. The van der Waals surface area contributed by atoms with Crippen LogP contribution in [0.4, 0.5) is 11.6 Å². The zero-order valence-corrected chi connectivity index (χ0v) is 10.5. The van der Waals surface area contributed by atoms with Crippen LogP contribution in [-0.2, 0) is 4.74 Å². The number of methoxy groups -OCH3 is 1. The number of hydrogen-bond donors (Lipinski definition) is 3. The Labute approximate surface area is 105 Å². The van der Waals surface area contributed by atoms with Crippen molar-refractivity contribution in [1.29, 1.82) is 0 Å². The van der Waals surface area contributed by atoms with Crippen molar-refractivity contribution < 1.29 is 14.6 Å². The van der Waals surface area contributed by atoms with Gasteiger partial charge in [0.05, 0.1) is 13.2 Å². The molecule has 0 bridgehead atoms. The van der Waals surface area contributed by atoms with Crippen LogP contribution < -0.4 is 15.8 Å². The van der Waals surface area contributed by atoms with Gasteiger partial charge in [0.25, 0.3) is 0 Å². The summed E-state index contributed by atoms with van der Waals surface area (Å²) in [6, 6.07) is 0. The number of nitrogens with one attached hydrogen (secondary N) is 1. The van der Waals surface area contributed by atoms with Crippen LogP contribution in [-0.4, -0.2) is 47.0 Å². The van der Waals surface area contributed by atoms with E-state index in [9.17, 15) is 5.11 Å². The van der Waals surface area contributed by atoms with Crippen molar-refractivity contribution in [3.05, 3.63) is 6.33 Å². The monoisotopic (exact) mass is 254 g/mol. The maximum absolute atomic E-state index is 10.4. The second-order valence-corrected chi connectivity index (χ2v) is 4.36. The molecule has 1 fully saturated rings. The summed E-state index contributed by atoms with van der Waals surface area (Å²) < 4.78 is 10.5. The van der Waals surface area contributed by atoms with E-state index in [0.717, 1.165) is 0 Å². The van der Waals surface area contributed by atoms with Crippen LogP contribution in [0, 0.1) is 0 Å². The summed E-state index contributed by atoms with van der Waals surface area (Å²) >= 11 is 0. The predicted octanol–water partition coefficient (Wildman–Crippen LogP) is 0.0192. The molecule has 1 aromatic heterocycles. The number of nitrogens with zero attached hydrogens (tertiary/aromatic N) is 2. The molecule has 0 spiro atoms. The van der Waals surface area contributed by atoms with Gasteiger partial charge in [0.2, 0.25) is 5.75 Å². The number of anilines is 2. The number of hydrogen-bond acceptors (Lipinski definition) is 7. The molecule has 0 aliphatic carbocycles. The van der Waals surface area contributed by atoms with Gasteiger partial charge in [0.15, 0.2) is 11.6 Å². The molecule has 2 unspecified atom stereocenters. The van der Waals surface area contributed by atoms with Gasteiger partial charge >= 0.3 is 0 Å². The van der Waals surface area contributed by atoms with Crippen LogP contribution in [0.5, 0.6) is 5.75 Å². The highest BCUT2D eigenvalue weighted by molar-refractivity contribution is 5.61. The molecule has 0 amide bonds. The average Bonchev–Trinajstić information content (AvgIpc) is 2.68. The molecular weight excluding hydrogens is 236 g/mol. The van der Waals surface area contributed by atoms with Gasteiger partial charge in [0.1, 0.15) is 11.9 Å². The summed E-state index contributed by atoms with van der Waals surface area (Å²) in [5.74, 6) is 1.11. The number of aliphatic hydroxyl groups is 1. The normalized spacial score (nSPS) is 27.2. The quantitative estimate of drug-likeness (QED) is 0.696. The fourth-order valence-electron chi connectivity index (χ4n) is 1.95. The third-order valence-corrected chi connectivity index (χ3v) is 3.26. The lowest BCUT2D eigenvalue weighted by Crippen LogP contribution is -2.43. The Morgan fingerprint density at radius 3 is 3.06 bits per heavy atom. The molecule has 100 valence electrons. The molecule has 18 heavy (non-hydrogen) atoms. The predicted molar refractivity (Wildman–Crippen MR) is 66.5 cm³/mol. The lowest BCUT2D eigenvalue weighted by molar-refractivity contribution is -0.0176. The lowest BCUT2D eigenvalue weighted by atomic mass is 9.97. The summed E-state index contributed by atoms with van der Waals surface area (Å²) in [7, 11) is 1.50. The van der Waals surface area contributed by atoms with Gasteiger partial charge in [0, 0.05) is 19.6 Å². The molecule has 2 heterocycles. The fourth-order valence-corrected chi connectivity index (χ4v) is 1.95. The molecule has 0 saturated carbocycles. The minimum Gasteiger partial charge on any atom is -0.490 e. The molecule has 2 atom stereocenters. The van der Waals surface area contributed by atoms with Crippen molar-refractivity contribution in [3.8, 4) is 5.75 Å². The van der Waals surface area contributed by atoms with Crippen LogP contribution in [0.2, 0.25) is 0 Å². The van der Waals surface area contributed by atoms with Crippen LogP contribution in [0.15, 0.2) is 6.33 Å². The van der Waals surface area contributed by atoms with E-state index in [1.54, 1.807) is 0 Å². The number of nitrogens with two attached hydrogens (primary N) is 1. The molecule has 4 N–H and O–H groups in total. The third-order valence-electron chi connectivity index (χ3n) is 3.26. The maximum Gasteiger partial charge on any atom is 0.203 e. The molecule has 1 aliphatic heterocycles. The van der Waals surface area contributed by atoms with Gasteiger partial charge in [-0.15, -0.1) is 0 Å². The highest BCUT2D eigenvalue weighted by Gasteiger charge is 2.39. The van der Waals surface area contributed by atoms with Gasteiger partial charge in [-0.05, 0) is 6.92 Å². The Hall–Kier alpha value is -1.60. The van der Waals surface area contributed by atoms with E-state index >= 15 is 0 Å². The van der Waals surface area contributed by atoms with E-state index in [2.05, 4.69) is 15.3 Å². The molecule has 1 aromatic rings. The summed E-state index contributed by atoms with van der Waals surface area (Å²) in [4.78, 5) is 7.89. The zero-order chi connectivity index (χ0) is 13.2. The topological polar surface area (TPSA) is 103 Å². The van der Waals surface area contributed by atoms with E-state index in [4.69, 9.17) is 15.2 Å². The van der Waals surface area contributed by atoms with Crippen molar-refractivity contribution in [2.75, 3.05) is 31.3 Å². The number of nitrogen functional groups attached to an aromatic ring is 1. The fraction of sp³-hybridized carbons (Fsp3) is 0.636. The van der Waals surface area contributed by atoms with Gasteiger partial charge in [-0.25, -0.2) is 9.97 Å². The molecule has 7 heteroatoms. The van der Waals surface area contributed by atoms with Gasteiger partial charge in [-0.2, -0.15) is 0 Å². The summed E-state index contributed by atoms with van der Waals surface area (Å²) in [6.07, 6.45) is 1.72. The molecule has 2 rings (SSSR count). The van der Waals surface area contributed by atoms with Crippen LogP contribution in [0.3, 0.4) is 0 Å². The molecule has 0 radical (unpaired) electrons. The number of aromatic nitrogens is 2. The second-order valence-electron chi connectivity index (χ2n) is 4.36. The number of rotatable bonds is 4. The van der Waals surface area contributed by atoms with Gasteiger partial charge in [-0.3, -0.25) is 0 Å². The maximum atomic E-state index is 10.4. The van der Waals surface area contributed by atoms with Crippen molar-refractivity contribution in [3.63, 3.8) is 0 Å². The van der Waals surface area contributed by atoms with Crippen molar-refractivity contribution in [2.24, 2.45) is 0 Å². The Balaban J connectivity index is 2.08.